The normalized spacial score (nSPS) is 19.0. The van der Waals surface area contributed by atoms with E-state index in [-0.39, 0.29) is 11.8 Å². The number of rotatable bonds is 5. The molecular formula is C25H24ClN4O2+. The summed E-state index contributed by atoms with van der Waals surface area (Å²) in [5, 5.41) is 3.44. The molecule has 0 bridgehead atoms. The third-order valence-corrected chi connectivity index (χ3v) is 5.62. The molecule has 0 saturated carbocycles. The fourth-order valence-corrected chi connectivity index (χ4v) is 3.80. The van der Waals surface area contributed by atoms with Crippen molar-refractivity contribution in [1.82, 2.24) is 10.7 Å². The first kappa shape index (κ1) is 21.6. The number of hydrogen-bond acceptors (Lipinski definition) is 3. The van der Waals surface area contributed by atoms with Crippen molar-refractivity contribution in [3.05, 3.63) is 101 Å². The average Bonchev–Trinajstić information content (AvgIpc) is 3.09. The molecule has 1 aliphatic heterocycles. The molecule has 32 heavy (non-hydrogen) atoms. The van der Waals surface area contributed by atoms with E-state index in [0.29, 0.717) is 10.6 Å². The van der Waals surface area contributed by atoms with E-state index in [2.05, 4.69) is 10.7 Å². The Bertz CT molecular complexity index is 1140. The van der Waals surface area contributed by atoms with Gasteiger partial charge in [0.1, 0.15) is 0 Å². The Morgan fingerprint density at radius 1 is 1.00 bits per heavy atom. The first-order valence-corrected chi connectivity index (χ1v) is 10.6. The van der Waals surface area contributed by atoms with Gasteiger partial charge < -0.3 is 10.2 Å². The van der Waals surface area contributed by atoms with Crippen molar-refractivity contribution in [1.29, 1.82) is 0 Å². The Labute approximate surface area is 192 Å². The molecule has 1 aliphatic rings. The number of nitrogens with one attached hydrogen (secondary N) is 2. The summed E-state index contributed by atoms with van der Waals surface area (Å²) in [5.41, 5.74) is 6.26. The van der Waals surface area contributed by atoms with Gasteiger partial charge in [0.15, 0.2) is 6.04 Å². The Kier molecular flexibility index (Phi) is 6.23. The number of halogens is 1. The molecule has 0 aliphatic carbocycles. The highest BCUT2D eigenvalue weighted by atomic mass is 35.5. The van der Waals surface area contributed by atoms with Gasteiger partial charge in [0.25, 0.3) is 5.91 Å². The van der Waals surface area contributed by atoms with Crippen LogP contribution in [0.25, 0.3) is 0 Å². The van der Waals surface area contributed by atoms with Crippen LogP contribution in [0.5, 0.6) is 0 Å². The number of hydrazone groups is 1. The van der Waals surface area contributed by atoms with E-state index in [9.17, 15) is 9.59 Å². The summed E-state index contributed by atoms with van der Waals surface area (Å²) >= 11 is 5.93. The number of hydrogen-bond donors (Lipinski definition) is 2. The van der Waals surface area contributed by atoms with Crippen molar-refractivity contribution in [2.24, 2.45) is 0 Å². The van der Waals surface area contributed by atoms with Gasteiger partial charge in [0.05, 0.1) is 0 Å². The van der Waals surface area contributed by atoms with Crippen LogP contribution in [-0.2, 0) is 4.79 Å². The zero-order valence-corrected chi connectivity index (χ0v) is 18.6. The monoisotopic (exact) mass is 447 g/mol. The summed E-state index contributed by atoms with van der Waals surface area (Å²) in [6.45, 7) is 0. The molecule has 7 heteroatoms. The predicted octanol–water partition coefficient (Wildman–Crippen LogP) is 3.42. The lowest BCUT2D eigenvalue weighted by Crippen LogP contribution is -2.42. The lowest BCUT2D eigenvalue weighted by Gasteiger charge is -2.15. The molecule has 0 spiro atoms. The van der Waals surface area contributed by atoms with Gasteiger partial charge in [-0.05, 0) is 48.5 Å². The Hall–Kier alpha value is -3.64. The summed E-state index contributed by atoms with van der Waals surface area (Å²) in [5.74, 6) is -0.609. The van der Waals surface area contributed by atoms with Crippen molar-refractivity contribution in [3.8, 4) is 0 Å². The number of nitrogens with zero attached hydrogens (tertiary/aromatic N) is 2. The number of benzene rings is 3. The smallest absolute Gasteiger partial charge is 0.304 e. The van der Waals surface area contributed by atoms with E-state index in [1.165, 1.54) is 0 Å². The SMILES string of the molecule is CN(C)c1ccc(/C=[N+]2\NC(=O)[C@H](NC(=O)c3ccc(Cl)cc3)[C@@H]2c2ccccc2)cc1. The zero-order chi connectivity index (χ0) is 22.7. The fourth-order valence-electron chi connectivity index (χ4n) is 3.68. The summed E-state index contributed by atoms with van der Waals surface area (Å²) in [6.07, 6.45) is 1.88. The molecule has 0 aromatic heterocycles. The molecule has 6 nitrogen and oxygen atoms in total. The number of carbonyl (C=O) groups is 2. The summed E-state index contributed by atoms with van der Waals surface area (Å²) in [7, 11) is 3.97. The van der Waals surface area contributed by atoms with Crippen LogP contribution in [0, 0.1) is 0 Å². The van der Waals surface area contributed by atoms with E-state index in [1.807, 2.05) is 79.8 Å². The van der Waals surface area contributed by atoms with Gasteiger partial charge in [0, 0.05) is 41.5 Å². The highest BCUT2D eigenvalue weighted by molar-refractivity contribution is 6.30. The molecule has 2 N–H and O–H groups in total. The topological polar surface area (TPSA) is 64.5 Å². The molecular weight excluding hydrogens is 424 g/mol. The van der Waals surface area contributed by atoms with Crippen LogP contribution >= 0.6 is 11.6 Å². The van der Waals surface area contributed by atoms with Gasteiger partial charge in [-0.25, -0.2) is 0 Å². The number of carbonyl (C=O) groups excluding carboxylic acids is 2. The quantitative estimate of drug-likeness (QED) is 0.589. The third-order valence-electron chi connectivity index (χ3n) is 5.37. The van der Waals surface area contributed by atoms with Crippen molar-refractivity contribution >= 4 is 35.3 Å². The second-order valence-electron chi connectivity index (χ2n) is 7.81. The molecule has 3 aromatic rings. The second kappa shape index (κ2) is 9.24. The Balaban J connectivity index is 1.66. The minimum Gasteiger partial charge on any atom is -0.378 e. The molecule has 2 amide bonds. The lowest BCUT2D eigenvalue weighted by atomic mass is 10.00. The van der Waals surface area contributed by atoms with Crippen LogP contribution in [0.4, 0.5) is 5.69 Å². The number of anilines is 1. The van der Waals surface area contributed by atoms with Crippen molar-refractivity contribution < 1.29 is 14.3 Å². The van der Waals surface area contributed by atoms with E-state index in [0.717, 1.165) is 16.8 Å². The van der Waals surface area contributed by atoms with Crippen molar-refractivity contribution in [3.63, 3.8) is 0 Å². The molecule has 3 aromatic carbocycles. The lowest BCUT2D eigenvalue weighted by molar-refractivity contribution is -0.596. The number of hydrazine groups is 1. The summed E-state index contributed by atoms with van der Waals surface area (Å²) in [6, 6.07) is 23.1. The van der Waals surface area contributed by atoms with Crippen LogP contribution in [0.2, 0.25) is 5.02 Å². The molecule has 1 saturated heterocycles. The van der Waals surface area contributed by atoms with Gasteiger partial charge in [-0.1, -0.05) is 41.9 Å². The third kappa shape index (κ3) is 4.65. The van der Waals surface area contributed by atoms with E-state index in [1.54, 1.807) is 28.9 Å². The van der Waals surface area contributed by atoms with Crippen LogP contribution in [0.3, 0.4) is 0 Å². The maximum atomic E-state index is 12.9. The first-order chi connectivity index (χ1) is 15.4. The van der Waals surface area contributed by atoms with E-state index >= 15 is 0 Å². The maximum Gasteiger partial charge on any atom is 0.304 e. The Morgan fingerprint density at radius 2 is 1.66 bits per heavy atom. The van der Waals surface area contributed by atoms with Crippen LogP contribution in [0.15, 0.2) is 78.9 Å². The zero-order valence-electron chi connectivity index (χ0n) is 17.8. The second-order valence-corrected chi connectivity index (χ2v) is 8.25. The number of amides is 2. The predicted molar refractivity (Wildman–Crippen MR) is 126 cm³/mol. The van der Waals surface area contributed by atoms with Crippen LogP contribution in [-0.4, -0.2) is 42.9 Å². The summed E-state index contributed by atoms with van der Waals surface area (Å²) < 4.78 is 1.76. The van der Waals surface area contributed by atoms with Crippen molar-refractivity contribution in [2.75, 3.05) is 19.0 Å². The minimum absolute atomic E-state index is 0.276. The van der Waals surface area contributed by atoms with Gasteiger partial charge in [-0.15, -0.1) is 10.1 Å². The molecule has 4 rings (SSSR count). The molecule has 2 atom stereocenters. The van der Waals surface area contributed by atoms with Gasteiger partial charge in [-0.2, -0.15) is 0 Å². The Morgan fingerprint density at radius 3 is 2.28 bits per heavy atom. The van der Waals surface area contributed by atoms with Gasteiger partial charge >= 0.3 is 5.91 Å². The van der Waals surface area contributed by atoms with Crippen molar-refractivity contribution in [2.45, 2.75) is 12.1 Å². The molecule has 1 heterocycles. The van der Waals surface area contributed by atoms with Crippen LogP contribution < -0.4 is 15.6 Å². The highest BCUT2D eigenvalue weighted by Gasteiger charge is 2.47. The molecule has 0 radical (unpaired) electrons. The first-order valence-electron chi connectivity index (χ1n) is 10.2. The largest absolute Gasteiger partial charge is 0.378 e. The van der Waals surface area contributed by atoms with E-state index < -0.39 is 12.1 Å². The van der Waals surface area contributed by atoms with Crippen LogP contribution in [0.1, 0.15) is 27.5 Å². The van der Waals surface area contributed by atoms with E-state index in [4.69, 9.17) is 11.6 Å². The standard InChI is InChI=1S/C25H23ClN4O2/c1-29(2)21-14-8-17(9-15-21)16-30-23(18-6-4-3-5-7-18)22(25(32)28-30)27-24(31)19-10-12-20(26)13-11-19/h3-16,22-23H,1-2H3,(H-,27,28,31,32)/p+1/t22-,23+/m1/s1. The molecule has 1 fully saturated rings. The molecule has 0 unspecified atom stereocenters. The fraction of sp³-hybridized carbons (Fsp3) is 0.160. The van der Waals surface area contributed by atoms with Gasteiger partial charge in [0.2, 0.25) is 12.3 Å². The van der Waals surface area contributed by atoms with Gasteiger partial charge in [-0.3, -0.25) is 9.59 Å². The molecule has 162 valence electrons. The average molecular weight is 448 g/mol. The summed E-state index contributed by atoms with van der Waals surface area (Å²) in [4.78, 5) is 27.8. The maximum absolute atomic E-state index is 12.9. The highest BCUT2D eigenvalue weighted by Crippen LogP contribution is 2.25. The minimum atomic E-state index is -0.766.